The van der Waals surface area contributed by atoms with Crippen LogP contribution in [0.5, 0.6) is 0 Å². The fraction of sp³-hybridized carbons (Fsp3) is 0.222. The van der Waals surface area contributed by atoms with Gasteiger partial charge in [-0.2, -0.15) is 0 Å². The molecular formula is C18H20N2O3. The van der Waals surface area contributed by atoms with E-state index in [2.05, 4.69) is 5.32 Å². The Morgan fingerprint density at radius 1 is 1.00 bits per heavy atom. The highest BCUT2D eigenvalue weighted by atomic mass is 16.3. The van der Waals surface area contributed by atoms with Crippen LogP contribution in [0.1, 0.15) is 21.5 Å². The summed E-state index contributed by atoms with van der Waals surface area (Å²) in [6.07, 6.45) is 0. The molecule has 5 heteroatoms. The Bertz CT molecular complexity index is 671. The summed E-state index contributed by atoms with van der Waals surface area (Å²) in [6, 6.07) is 16.2. The maximum Gasteiger partial charge on any atom is 0.254 e. The van der Waals surface area contributed by atoms with E-state index in [0.29, 0.717) is 12.1 Å². The molecule has 5 nitrogen and oxygen atoms in total. The van der Waals surface area contributed by atoms with Crippen LogP contribution in [0.4, 0.5) is 0 Å². The zero-order valence-corrected chi connectivity index (χ0v) is 13.0. The first-order valence-electron chi connectivity index (χ1n) is 7.36. The van der Waals surface area contributed by atoms with Crippen molar-refractivity contribution in [2.75, 3.05) is 13.6 Å². The molecule has 120 valence electrons. The minimum Gasteiger partial charge on any atom is -0.392 e. The van der Waals surface area contributed by atoms with Gasteiger partial charge in [0.25, 0.3) is 5.91 Å². The third-order valence-corrected chi connectivity index (χ3v) is 3.51. The summed E-state index contributed by atoms with van der Waals surface area (Å²) < 4.78 is 0. The lowest BCUT2D eigenvalue weighted by Crippen LogP contribution is -2.38. The van der Waals surface area contributed by atoms with Gasteiger partial charge in [-0.15, -0.1) is 0 Å². The molecule has 0 atom stereocenters. The summed E-state index contributed by atoms with van der Waals surface area (Å²) in [5.74, 6) is -0.443. The minimum absolute atomic E-state index is 0.0188. The number of rotatable bonds is 6. The average Bonchev–Trinajstić information content (AvgIpc) is 2.60. The quantitative estimate of drug-likeness (QED) is 0.850. The Morgan fingerprint density at radius 3 is 2.26 bits per heavy atom. The molecule has 0 aliphatic carbocycles. The molecule has 2 N–H and O–H groups in total. The molecule has 0 aliphatic rings. The lowest BCUT2D eigenvalue weighted by molar-refractivity contribution is -0.121. The van der Waals surface area contributed by atoms with Gasteiger partial charge in [0.2, 0.25) is 5.91 Å². The summed E-state index contributed by atoms with van der Waals surface area (Å²) in [7, 11) is 1.59. The lowest BCUT2D eigenvalue weighted by Gasteiger charge is -2.17. The van der Waals surface area contributed by atoms with Gasteiger partial charge in [-0.3, -0.25) is 9.59 Å². The standard InChI is InChI=1S/C18H20N2O3/c1-20(18(23)14-7-3-2-4-8-14)12-17(22)19-11-15-9-5-6-10-16(15)13-21/h2-10,21H,11-13H2,1H3,(H,19,22). The van der Waals surface area contributed by atoms with Crippen molar-refractivity contribution in [1.82, 2.24) is 10.2 Å². The molecule has 23 heavy (non-hydrogen) atoms. The topological polar surface area (TPSA) is 69.6 Å². The van der Waals surface area contributed by atoms with Gasteiger partial charge in [0.15, 0.2) is 0 Å². The van der Waals surface area contributed by atoms with Gasteiger partial charge in [0.05, 0.1) is 13.2 Å². The van der Waals surface area contributed by atoms with Crippen LogP contribution in [0.3, 0.4) is 0 Å². The molecule has 0 aliphatic heterocycles. The van der Waals surface area contributed by atoms with Gasteiger partial charge in [0.1, 0.15) is 0 Å². The van der Waals surface area contributed by atoms with Gasteiger partial charge in [0, 0.05) is 19.2 Å². The van der Waals surface area contributed by atoms with E-state index in [1.54, 1.807) is 31.3 Å². The molecular weight excluding hydrogens is 292 g/mol. The van der Waals surface area contributed by atoms with Gasteiger partial charge < -0.3 is 15.3 Å². The molecule has 0 aromatic heterocycles. The number of aliphatic hydroxyl groups is 1. The smallest absolute Gasteiger partial charge is 0.254 e. The van der Waals surface area contributed by atoms with Crippen molar-refractivity contribution < 1.29 is 14.7 Å². The van der Waals surface area contributed by atoms with Crippen molar-refractivity contribution in [2.24, 2.45) is 0 Å². The highest BCUT2D eigenvalue weighted by Crippen LogP contribution is 2.08. The number of nitrogens with one attached hydrogen (secondary N) is 1. The zero-order valence-electron chi connectivity index (χ0n) is 13.0. The number of carbonyl (C=O) groups is 2. The maximum atomic E-state index is 12.2. The molecule has 2 amide bonds. The van der Waals surface area contributed by atoms with Crippen molar-refractivity contribution in [3.05, 3.63) is 71.3 Å². The van der Waals surface area contributed by atoms with Crippen LogP contribution in [0.25, 0.3) is 0 Å². The molecule has 2 rings (SSSR count). The normalized spacial score (nSPS) is 10.2. The second-order valence-electron chi connectivity index (χ2n) is 5.23. The van der Waals surface area contributed by atoms with Crippen LogP contribution >= 0.6 is 0 Å². The number of hydrogen-bond acceptors (Lipinski definition) is 3. The van der Waals surface area contributed by atoms with Gasteiger partial charge in [-0.1, -0.05) is 42.5 Å². The third-order valence-electron chi connectivity index (χ3n) is 3.51. The molecule has 0 fully saturated rings. The van der Waals surface area contributed by atoms with Gasteiger partial charge >= 0.3 is 0 Å². The molecule has 0 radical (unpaired) electrons. The number of benzene rings is 2. The van der Waals surface area contributed by atoms with E-state index in [1.807, 2.05) is 30.3 Å². The molecule has 0 saturated heterocycles. The fourth-order valence-corrected chi connectivity index (χ4v) is 2.22. The third kappa shape index (κ3) is 4.66. The number of carbonyl (C=O) groups excluding carboxylic acids is 2. The fourth-order valence-electron chi connectivity index (χ4n) is 2.22. The second-order valence-corrected chi connectivity index (χ2v) is 5.23. The molecule has 0 bridgehead atoms. The Hall–Kier alpha value is -2.66. The van der Waals surface area contributed by atoms with E-state index < -0.39 is 0 Å². The van der Waals surface area contributed by atoms with Crippen LogP contribution in [0.15, 0.2) is 54.6 Å². The molecule has 0 unspecified atom stereocenters. The lowest BCUT2D eigenvalue weighted by atomic mass is 10.1. The monoisotopic (exact) mass is 312 g/mol. The van der Waals surface area contributed by atoms with Crippen molar-refractivity contribution in [3.63, 3.8) is 0 Å². The Kier molecular flexibility index (Phi) is 5.88. The van der Waals surface area contributed by atoms with E-state index in [9.17, 15) is 14.7 Å². The van der Waals surface area contributed by atoms with Gasteiger partial charge in [-0.25, -0.2) is 0 Å². The predicted molar refractivity (Wildman–Crippen MR) is 87.6 cm³/mol. The van der Waals surface area contributed by atoms with Gasteiger partial charge in [-0.05, 0) is 23.3 Å². The predicted octanol–water partition coefficient (Wildman–Crippen LogP) is 1.57. The Labute approximate surface area is 135 Å². The van der Waals surface area contributed by atoms with Crippen LogP contribution in [-0.4, -0.2) is 35.4 Å². The summed E-state index contributed by atoms with van der Waals surface area (Å²) >= 11 is 0. The molecule has 2 aromatic rings. The molecule has 0 heterocycles. The SMILES string of the molecule is CN(CC(=O)NCc1ccccc1CO)C(=O)c1ccccc1. The average molecular weight is 312 g/mol. The molecule has 2 aromatic carbocycles. The highest BCUT2D eigenvalue weighted by Gasteiger charge is 2.14. The van der Waals surface area contributed by atoms with E-state index in [0.717, 1.165) is 11.1 Å². The highest BCUT2D eigenvalue weighted by molar-refractivity contribution is 5.96. The number of nitrogens with zero attached hydrogens (tertiary/aromatic N) is 1. The van der Waals surface area contributed by atoms with E-state index in [-0.39, 0.29) is 25.0 Å². The summed E-state index contributed by atoms with van der Waals surface area (Å²) in [4.78, 5) is 25.5. The molecule has 0 spiro atoms. The first kappa shape index (κ1) is 16.7. The summed E-state index contributed by atoms with van der Waals surface area (Å²) in [5.41, 5.74) is 2.19. The van der Waals surface area contributed by atoms with E-state index in [4.69, 9.17) is 0 Å². The van der Waals surface area contributed by atoms with Crippen LogP contribution < -0.4 is 5.32 Å². The number of likely N-dealkylation sites (N-methyl/N-ethyl adjacent to an activating group) is 1. The number of amides is 2. The molecule has 0 saturated carbocycles. The van der Waals surface area contributed by atoms with Crippen LogP contribution in [0.2, 0.25) is 0 Å². The Balaban J connectivity index is 1.88. The Morgan fingerprint density at radius 2 is 1.61 bits per heavy atom. The van der Waals surface area contributed by atoms with E-state index >= 15 is 0 Å². The van der Waals surface area contributed by atoms with Crippen LogP contribution in [-0.2, 0) is 17.9 Å². The second kappa shape index (κ2) is 8.10. The maximum absolute atomic E-state index is 12.2. The van der Waals surface area contributed by atoms with Crippen molar-refractivity contribution >= 4 is 11.8 Å². The first-order chi connectivity index (χ1) is 11.1. The minimum atomic E-state index is -0.246. The van der Waals surface area contributed by atoms with Crippen molar-refractivity contribution in [3.8, 4) is 0 Å². The first-order valence-corrected chi connectivity index (χ1v) is 7.36. The summed E-state index contributed by atoms with van der Waals surface area (Å²) in [5, 5.41) is 12.0. The number of hydrogen-bond donors (Lipinski definition) is 2. The largest absolute Gasteiger partial charge is 0.392 e. The van der Waals surface area contributed by atoms with Crippen molar-refractivity contribution in [2.45, 2.75) is 13.2 Å². The van der Waals surface area contributed by atoms with Crippen LogP contribution in [0, 0.1) is 0 Å². The van der Waals surface area contributed by atoms with E-state index in [1.165, 1.54) is 4.90 Å². The van der Waals surface area contributed by atoms with Crippen molar-refractivity contribution in [1.29, 1.82) is 0 Å². The summed E-state index contributed by atoms with van der Waals surface area (Å²) in [6.45, 7) is 0.233. The number of aliphatic hydroxyl groups excluding tert-OH is 1. The zero-order chi connectivity index (χ0) is 16.7.